The van der Waals surface area contributed by atoms with Crippen LogP contribution in [0.2, 0.25) is 0 Å². The fraction of sp³-hybridized carbons (Fsp3) is 1.00. The molecule has 74 valence electrons. The first-order valence-corrected chi connectivity index (χ1v) is 6.21. The van der Waals surface area contributed by atoms with Crippen molar-refractivity contribution in [2.75, 3.05) is 6.26 Å². The molecule has 3 nitrogen and oxygen atoms in total. The number of hydrogen-bond acceptors (Lipinski definition) is 2. The average molecular weight is 193 g/mol. The highest BCUT2D eigenvalue weighted by atomic mass is 32.2. The smallest absolute Gasteiger partial charge is 0.208 e. The predicted octanol–water partition coefficient (Wildman–Crippen LogP) is 1.36. The summed E-state index contributed by atoms with van der Waals surface area (Å²) in [6.07, 6.45) is 3.19. The Morgan fingerprint density at radius 1 is 1.33 bits per heavy atom. The van der Waals surface area contributed by atoms with Crippen molar-refractivity contribution in [3.05, 3.63) is 0 Å². The van der Waals surface area contributed by atoms with Gasteiger partial charge in [-0.25, -0.2) is 13.1 Å². The molecule has 1 N–H and O–H groups in total. The minimum absolute atomic E-state index is 0.0509. The van der Waals surface area contributed by atoms with Gasteiger partial charge in [0, 0.05) is 6.04 Å². The monoisotopic (exact) mass is 193 g/mol. The Morgan fingerprint density at radius 3 is 2.17 bits per heavy atom. The topological polar surface area (TPSA) is 46.2 Å². The van der Waals surface area contributed by atoms with Gasteiger partial charge in [-0.15, -0.1) is 0 Å². The highest BCUT2D eigenvalue weighted by Crippen LogP contribution is 2.09. The zero-order chi connectivity index (χ0) is 9.78. The van der Waals surface area contributed by atoms with Gasteiger partial charge in [0.25, 0.3) is 0 Å². The van der Waals surface area contributed by atoms with E-state index in [-0.39, 0.29) is 6.04 Å². The summed E-state index contributed by atoms with van der Waals surface area (Å²) in [4.78, 5) is 0. The van der Waals surface area contributed by atoms with Crippen LogP contribution in [0.15, 0.2) is 0 Å². The van der Waals surface area contributed by atoms with Gasteiger partial charge in [-0.2, -0.15) is 0 Å². The fourth-order valence-corrected chi connectivity index (χ4v) is 2.01. The van der Waals surface area contributed by atoms with Gasteiger partial charge in [0.2, 0.25) is 10.0 Å². The van der Waals surface area contributed by atoms with Crippen molar-refractivity contribution in [3.63, 3.8) is 0 Å². The fourth-order valence-electron chi connectivity index (χ4n) is 1.18. The number of hydrogen-bond donors (Lipinski definition) is 1. The molecule has 0 rings (SSSR count). The molecule has 0 saturated carbocycles. The molecule has 0 saturated heterocycles. The highest BCUT2D eigenvalue weighted by molar-refractivity contribution is 7.88. The Morgan fingerprint density at radius 2 is 1.83 bits per heavy atom. The molecule has 0 heterocycles. The summed E-state index contributed by atoms with van der Waals surface area (Å²) in [7, 11) is -3.03. The molecule has 0 radical (unpaired) electrons. The van der Waals surface area contributed by atoms with Gasteiger partial charge >= 0.3 is 0 Å². The van der Waals surface area contributed by atoms with Crippen molar-refractivity contribution in [1.29, 1.82) is 0 Å². The Labute approximate surface area is 75.6 Å². The van der Waals surface area contributed by atoms with Crippen LogP contribution in [0, 0.1) is 5.92 Å². The first kappa shape index (κ1) is 11.9. The van der Waals surface area contributed by atoms with E-state index in [1.807, 2.05) is 6.92 Å². The van der Waals surface area contributed by atoms with Crippen LogP contribution in [-0.4, -0.2) is 20.7 Å². The van der Waals surface area contributed by atoms with Crippen LogP contribution in [0.4, 0.5) is 0 Å². The Bertz CT molecular complexity index is 211. The molecule has 0 aliphatic carbocycles. The van der Waals surface area contributed by atoms with E-state index in [4.69, 9.17) is 0 Å². The van der Waals surface area contributed by atoms with Gasteiger partial charge in [-0.3, -0.25) is 0 Å². The van der Waals surface area contributed by atoms with E-state index in [0.717, 1.165) is 12.8 Å². The molecule has 12 heavy (non-hydrogen) atoms. The van der Waals surface area contributed by atoms with E-state index < -0.39 is 10.0 Å². The summed E-state index contributed by atoms with van der Waals surface area (Å²) in [5.74, 6) is 0.578. The summed E-state index contributed by atoms with van der Waals surface area (Å²) in [5, 5.41) is 0. The second-order valence-electron chi connectivity index (χ2n) is 3.54. The molecule has 0 aromatic rings. The van der Waals surface area contributed by atoms with E-state index in [1.54, 1.807) is 0 Å². The van der Waals surface area contributed by atoms with Gasteiger partial charge in [0.1, 0.15) is 0 Å². The lowest BCUT2D eigenvalue weighted by Crippen LogP contribution is -2.32. The molecule has 2 atom stereocenters. The summed E-state index contributed by atoms with van der Waals surface area (Å²) < 4.78 is 24.2. The van der Waals surface area contributed by atoms with Gasteiger partial charge in [0.05, 0.1) is 6.26 Å². The second kappa shape index (κ2) is 4.82. The van der Waals surface area contributed by atoms with Crippen molar-refractivity contribution in [1.82, 2.24) is 4.72 Å². The quantitative estimate of drug-likeness (QED) is 0.716. The van der Waals surface area contributed by atoms with E-state index in [2.05, 4.69) is 18.6 Å². The predicted molar refractivity (Wildman–Crippen MR) is 51.5 cm³/mol. The SMILES string of the molecule is CCC(C)CC(C)NS(C)(=O)=O. The third-order valence-corrected chi connectivity index (χ3v) is 2.70. The number of nitrogens with one attached hydrogen (secondary N) is 1. The largest absolute Gasteiger partial charge is 0.213 e. The summed E-state index contributed by atoms with van der Waals surface area (Å²) in [5.41, 5.74) is 0. The van der Waals surface area contributed by atoms with Crippen molar-refractivity contribution in [2.24, 2.45) is 5.92 Å². The molecule has 0 spiro atoms. The molecule has 0 aliphatic heterocycles. The van der Waals surface area contributed by atoms with E-state index in [0.29, 0.717) is 5.92 Å². The standard InChI is InChI=1S/C8H19NO2S/c1-5-7(2)6-8(3)9-12(4,10)11/h7-9H,5-6H2,1-4H3. The summed E-state index contributed by atoms with van der Waals surface area (Å²) >= 11 is 0. The first-order valence-electron chi connectivity index (χ1n) is 4.32. The van der Waals surface area contributed by atoms with Crippen LogP contribution in [-0.2, 0) is 10.0 Å². The van der Waals surface area contributed by atoms with Crippen molar-refractivity contribution in [3.8, 4) is 0 Å². The molecule has 4 heteroatoms. The lowest BCUT2D eigenvalue weighted by molar-refractivity contribution is 0.446. The second-order valence-corrected chi connectivity index (χ2v) is 5.32. The van der Waals surface area contributed by atoms with Crippen LogP contribution in [0.3, 0.4) is 0 Å². The zero-order valence-corrected chi connectivity index (χ0v) is 9.11. The van der Waals surface area contributed by atoms with Gasteiger partial charge in [-0.1, -0.05) is 20.3 Å². The normalized spacial score (nSPS) is 17.3. The maximum Gasteiger partial charge on any atom is 0.208 e. The van der Waals surface area contributed by atoms with Crippen molar-refractivity contribution in [2.45, 2.75) is 39.7 Å². The lowest BCUT2D eigenvalue weighted by atomic mass is 10.0. The van der Waals surface area contributed by atoms with Gasteiger partial charge < -0.3 is 0 Å². The molecular formula is C8H19NO2S. The highest BCUT2D eigenvalue weighted by Gasteiger charge is 2.10. The molecule has 0 amide bonds. The summed E-state index contributed by atoms with van der Waals surface area (Å²) in [6.45, 7) is 6.13. The zero-order valence-electron chi connectivity index (χ0n) is 8.29. The van der Waals surface area contributed by atoms with Gasteiger partial charge in [-0.05, 0) is 19.3 Å². The lowest BCUT2D eigenvalue weighted by Gasteiger charge is -2.15. The average Bonchev–Trinajstić information content (AvgIpc) is 1.82. The van der Waals surface area contributed by atoms with Crippen molar-refractivity contribution >= 4 is 10.0 Å². The third-order valence-electron chi connectivity index (χ3n) is 1.87. The molecule has 0 aliphatic rings. The molecule has 0 aromatic carbocycles. The van der Waals surface area contributed by atoms with E-state index >= 15 is 0 Å². The molecule has 0 fully saturated rings. The minimum atomic E-state index is -3.03. The van der Waals surface area contributed by atoms with Crippen LogP contribution in [0.25, 0.3) is 0 Å². The molecule has 0 aromatic heterocycles. The number of rotatable bonds is 5. The first-order chi connectivity index (χ1) is 5.35. The molecule has 0 bridgehead atoms. The van der Waals surface area contributed by atoms with Crippen LogP contribution in [0.1, 0.15) is 33.6 Å². The molecular weight excluding hydrogens is 174 g/mol. The van der Waals surface area contributed by atoms with Crippen LogP contribution in [0.5, 0.6) is 0 Å². The van der Waals surface area contributed by atoms with Crippen LogP contribution >= 0.6 is 0 Å². The van der Waals surface area contributed by atoms with E-state index in [9.17, 15) is 8.42 Å². The van der Waals surface area contributed by atoms with Crippen LogP contribution < -0.4 is 4.72 Å². The van der Waals surface area contributed by atoms with Crippen molar-refractivity contribution < 1.29 is 8.42 Å². The Hall–Kier alpha value is -0.0900. The van der Waals surface area contributed by atoms with Gasteiger partial charge in [0.15, 0.2) is 0 Å². The third kappa shape index (κ3) is 6.61. The maximum atomic E-state index is 10.8. The Kier molecular flexibility index (Phi) is 4.78. The Balaban J connectivity index is 3.82. The summed E-state index contributed by atoms with van der Waals surface area (Å²) in [6, 6.07) is 0.0509. The maximum absolute atomic E-state index is 10.8. The molecule has 2 unspecified atom stereocenters. The van der Waals surface area contributed by atoms with E-state index in [1.165, 1.54) is 6.26 Å². The minimum Gasteiger partial charge on any atom is -0.213 e. The number of sulfonamides is 1.